The van der Waals surface area contributed by atoms with Gasteiger partial charge in [0.1, 0.15) is 12.4 Å². The predicted molar refractivity (Wildman–Crippen MR) is 79.3 cm³/mol. The van der Waals surface area contributed by atoms with Crippen LogP contribution in [0.25, 0.3) is 0 Å². The number of hydrogen-bond donors (Lipinski definition) is 3. The summed E-state index contributed by atoms with van der Waals surface area (Å²) in [5.74, 6) is 4.67. The summed E-state index contributed by atoms with van der Waals surface area (Å²) < 4.78 is 0. The molecule has 2 aromatic rings. The molecule has 1 aromatic carbocycles. The van der Waals surface area contributed by atoms with Gasteiger partial charge < -0.3 is 15.5 Å². The van der Waals surface area contributed by atoms with Gasteiger partial charge in [0.05, 0.1) is 17.4 Å². The first-order valence-corrected chi connectivity index (χ1v) is 6.32. The van der Waals surface area contributed by atoms with E-state index in [2.05, 4.69) is 22.1 Å². The molecule has 0 atom stereocenters. The van der Waals surface area contributed by atoms with E-state index in [0.29, 0.717) is 16.3 Å². The third-order valence-corrected chi connectivity index (χ3v) is 2.75. The average Bonchev–Trinajstić information content (AvgIpc) is 2.47. The van der Waals surface area contributed by atoms with Crippen molar-refractivity contribution in [1.82, 2.24) is 4.98 Å². The van der Waals surface area contributed by atoms with Crippen molar-refractivity contribution in [3.8, 4) is 17.6 Å². The molecule has 0 aliphatic carbocycles. The van der Waals surface area contributed by atoms with Gasteiger partial charge in [-0.25, -0.2) is 0 Å². The maximum absolute atomic E-state index is 12.1. The highest BCUT2D eigenvalue weighted by molar-refractivity contribution is 6.30. The molecule has 0 aliphatic heterocycles. The normalized spacial score (nSPS) is 9.62. The van der Waals surface area contributed by atoms with Crippen molar-refractivity contribution in [2.24, 2.45) is 0 Å². The molecule has 1 heterocycles. The number of rotatable bonds is 2. The first-order valence-electron chi connectivity index (χ1n) is 5.95. The van der Waals surface area contributed by atoms with Crippen LogP contribution in [0.1, 0.15) is 15.9 Å². The highest BCUT2D eigenvalue weighted by atomic mass is 35.5. The van der Waals surface area contributed by atoms with Crippen LogP contribution in [0.3, 0.4) is 0 Å². The van der Waals surface area contributed by atoms with Crippen LogP contribution in [0, 0.1) is 11.8 Å². The molecule has 21 heavy (non-hydrogen) atoms. The van der Waals surface area contributed by atoms with Crippen molar-refractivity contribution in [2.75, 3.05) is 11.9 Å². The van der Waals surface area contributed by atoms with Gasteiger partial charge in [0.15, 0.2) is 0 Å². The second-order valence-electron chi connectivity index (χ2n) is 4.04. The Kier molecular flexibility index (Phi) is 4.77. The molecule has 3 N–H and O–H groups in total. The second-order valence-corrected chi connectivity index (χ2v) is 4.47. The van der Waals surface area contributed by atoms with Gasteiger partial charge in [-0.3, -0.25) is 9.78 Å². The van der Waals surface area contributed by atoms with Crippen molar-refractivity contribution < 1.29 is 15.0 Å². The zero-order valence-corrected chi connectivity index (χ0v) is 11.6. The molecule has 1 aromatic heterocycles. The van der Waals surface area contributed by atoms with Gasteiger partial charge in [-0.15, -0.1) is 0 Å². The molecule has 106 valence electrons. The standard InChI is InChI=1S/C15H11ClN2O3/c16-12-3-4-14(10(6-12)2-1-5-19)18-15(21)11-7-13(20)9-17-8-11/h3-4,6-9,19-20H,5H2,(H,18,21). The third kappa shape index (κ3) is 3.96. The zero-order chi connectivity index (χ0) is 15.2. The molecule has 0 unspecified atom stereocenters. The summed E-state index contributed by atoms with van der Waals surface area (Å²) in [5, 5.41) is 21.2. The van der Waals surface area contributed by atoms with Crippen molar-refractivity contribution in [3.05, 3.63) is 52.8 Å². The minimum atomic E-state index is -0.437. The van der Waals surface area contributed by atoms with Crippen molar-refractivity contribution in [2.45, 2.75) is 0 Å². The number of aromatic hydroxyl groups is 1. The number of benzene rings is 1. The Morgan fingerprint density at radius 2 is 2.14 bits per heavy atom. The zero-order valence-electron chi connectivity index (χ0n) is 10.8. The maximum Gasteiger partial charge on any atom is 0.257 e. The minimum Gasteiger partial charge on any atom is -0.506 e. The third-order valence-electron chi connectivity index (χ3n) is 2.52. The summed E-state index contributed by atoms with van der Waals surface area (Å²) in [7, 11) is 0. The van der Waals surface area contributed by atoms with Crippen LogP contribution >= 0.6 is 11.6 Å². The van der Waals surface area contributed by atoms with E-state index in [4.69, 9.17) is 16.7 Å². The largest absolute Gasteiger partial charge is 0.506 e. The fourth-order valence-electron chi connectivity index (χ4n) is 1.61. The predicted octanol–water partition coefficient (Wildman–Crippen LogP) is 2.04. The summed E-state index contributed by atoms with van der Waals surface area (Å²) in [6.45, 7) is -0.295. The van der Waals surface area contributed by atoms with E-state index in [1.165, 1.54) is 18.5 Å². The number of aliphatic hydroxyl groups excluding tert-OH is 1. The second kappa shape index (κ2) is 6.75. The van der Waals surface area contributed by atoms with Crippen LogP contribution in [0.15, 0.2) is 36.7 Å². The van der Waals surface area contributed by atoms with Gasteiger partial charge in [-0.1, -0.05) is 23.4 Å². The van der Waals surface area contributed by atoms with Gasteiger partial charge >= 0.3 is 0 Å². The Hall–Kier alpha value is -2.55. The number of amides is 1. The Morgan fingerprint density at radius 1 is 1.33 bits per heavy atom. The monoisotopic (exact) mass is 302 g/mol. The van der Waals surface area contributed by atoms with Crippen molar-refractivity contribution in [3.63, 3.8) is 0 Å². The number of anilines is 1. The van der Waals surface area contributed by atoms with Crippen molar-refractivity contribution in [1.29, 1.82) is 0 Å². The van der Waals surface area contributed by atoms with Crippen LogP contribution < -0.4 is 5.32 Å². The van der Waals surface area contributed by atoms with Crippen LogP contribution in [0.4, 0.5) is 5.69 Å². The number of nitrogens with one attached hydrogen (secondary N) is 1. The number of aliphatic hydroxyl groups is 1. The summed E-state index contributed by atoms with van der Waals surface area (Å²) in [5.41, 5.74) is 1.15. The van der Waals surface area contributed by atoms with E-state index >= 15 is 0 Å². The van der Waals surface area contributed by atoms with Gasteiger partial charge in [-0.2, -0.15) is 0 Å². The Morgan fingerprint density at radius 3 is 2.86 bits per heavy atom. The smallest absolute Gasteiger partial charge is 0.257 e. The molecule has 0 fully saturated rings. The van der Waals surface area contributed by atoms with Gasteiger partial charge in [0, 0.05) is 16.8 Å². The number of carbonyl (C=O) groups excluding carboxylic acids is 1. The minimum absolute atomic E-state index is 0.0981. The fraction of sp³-hybridized carbons (Fsp3) is 0.0667. The van der Waals surface area contributed by atoms with Crippen LogP contribution in [-0.4, -0.2) is 27.7 Å². The van der Waals surface area contributed by atoms with Gasteiger partial charge in [-0.05, 0) is 24.3 Å². The number of nitrogens with zero attached hydrogens (tertiary/aromatic N) is 1. The van der Waals surface area contributed by atoms with Crippen LogP contribution in [-0.2, 0) is 0 Å². The number of hydrogen-bond acceptors (Lipinski definition) is 4. The lowest BCUT2D eigenvalue weighted by Gasteiger charge is -2.08. The Balaban J connectivity index is 2.29. The van der Waals surface area contributed by atoms with E-state index in [9.17, 15) is 9.90 Å². The summed E-state index contributed by atoms with van der Waals surface area (Å²) in [6.07, 6.45) is 2.57. The molecule has 0 spiro atoms. The fourth-order valence-corrected chi connectivity index (χ4v) is 1.78. The first-order chi connectivity index (χ1) is 10.1. The van der Waals surface area contributed by atoms with E-state index in [1.54, 1.807) is 18.2 Å². The highest BCUT2D eigenvalue weighted by Gasteiger charge is 2.10. The number of aromatic nitrogens is 1. The van der Waals surface area contributed by atoms with E-state index in [0.717, 1.165) is 0 Å². The topological polar surface area (TPSA) is 82.5 Å². The summed E-state index contributed by atoms with van der Waals surface area (Å²) in [6, 6.07) is 6.11. The molecule has 0 radical (unpaired) electrons. The van der Waals surface area contributed by atoms with Crippen LogP contribution in [0.5, 0.6) is 5.75 Å². The lowest BCUT2D eigenvalue weighted by molar-refractivity contribution is 0.102. The van der Waals surface area contributed by atoms with Gasteiger partial charge in [0.25, 0.3) is 5.91 Å². The molecule has 0 saturated carbocycles. The van der Waals surface area contributed by atoms with Gasteiger partial charge in [0.2, 0.25) is 0 Å². The van der Waals surface area contributed by atoms with Crippen molar-refractivity contribution >= 4 is 23.2 Å². The SMILES string of the molecule is O=C(Nc1ccc(Cl)cc1C#CCO)c1cncc(O)c1. The Labute approximate surface area is 126 Å². The number of halogens is 1. The lowest BCUT2D eigenvalue weighted by atomic mass is 10.1. The van der Waals surface area contributed by atoms with E-state index in [1.807, 2.05) is 0 Å². The lowest BCUT2D eigenvalue weighted by Crippen LogP contribution is -2.13. The molecule has 2 rings (SSSR count). The molecule has 1 amide bonds. The number of pyridine rings is 1. The molecular weight excluding hydrogens is 292 g/mol. The quantitative estimate of drug-likeness (QED) is 0.741. The maximum atomic E-state index is 12.1. The highest BCUT2D eigenvalue weighted by Crippen LogP contribution is 2.21. The molecular formula is C15H11ClN2O3. The number of carbonyl (C=O) groups is 1. The summed E-state index contributed by atoms with van der Waals surface area (Å²) >= 11 is 5.88. The molecule has 0 saturated heterocycles. The van der Waals surface area contributed by atoms with E-state index < -0.39 is 5.91 Å². The van der Waals surface area contributed by atoms with E-state index in [-0.39, 0.29) is 17.9 Å². The molecule has 5 nitrogen and oxygen atoms in total. The average molecular weight is 303 g/mol. The molecule has 0 bridgehead atoms. The molecule has 0 aliphatic rings. The Bertz CT molecular complexity index is 735. The van der Waals surface area contributed by atoms with Crippen LogP contribution in [0.2, 0.25) is 5.02 Å². The molecule has 6 heteroatoms. The summed E-state index contributed by atoms with van der Waals surface area (Å²) in [4.78, 5) is 15.8. The first kappa shape index (κ1) is 14.9.